The Balaban J connectivity index is 2.17. The number of halogens is 4. The number of ketones is 1. The molecule has 3 rings (SSSR count). The molecule has 0 radical (unpaired) electrons. The Morgan fingerprint density at radius 1 is 1.23 bits per heavy atom. The zero-order valence-corrected chi connectivity index (χ0v) is 16.8. The molecule has 0 bridgehead atoms. The van der Waals surface area contributed by atoms with Gasteiger partial charge in [-0.2, -0.15) is 13.2 Å². The van der Waals surface area contributed by atoms with E-state index in [0.717, 1.165) is 6.07 Å². The van der Waals surface area contributed by atoms with Crippen LogP contribution in [0, 0.1) is 5.92 Å². The van der Waals surface area contributed by atoms with E-state index in [1.165, 1.54) is 41.7 Å². The molecule has 1 aliphatic rings. The molecule has 0 unspecified atom stereocenters. The summed E-state index contributed by atoms with van der Waals surface area (Å²) in [6, 6.07) is 5.75. The predicted molar refractivity (Wildman–Crippen MR) is 104 cm³/mol. The molecule has 11 heteroatoms. The van der Waals surface area contributed by atoms with Gasteiger partial charge in [0.1, 0.15) is 5.92 Å². The maximum Gasteiger partial charge on any atom is 0.437 e. The van der Waals surface area contributed by atoms with Crippen LogP contribution in [0.5, 0.6) is 11.5 Å². The Bertz CT molecular complexity index is 999. The summed E-state index contributed by atoms with van der Waals surface area (Å²) >= 11 is 5.79. The number of ether oxygens (including phenoxy) is 1. The fraction of sp³-hybridized carbons (Fsp3) is 0.300. The minimum Gasteiger partial charge on any atom is -0.504 e. The minimum atomic E-state index is -5.38. The Morgan fingerprint density at radius 3 is 2.45 bits per heavy atom. The number of carbonyl (C=O) groups is 2. The van der Waals surface area contributed by atoms with Crippen LogP contribution in [0.4, 0.5) is 18.0 Å². The number of amides is 2. The fourth-order valence-corrected chi connectivity index (χ4v) is 3.53. The van der Waals surface area contributed by atoms with Gasteiger partial charge in [0.05, 0.1) is 12.6 Å². The van der Waals surface area contributed by atoms with Crippen LogP contribution in [0.25, 0.3) is 0 Å². The normalized spacial score (nSPS) is 23.6. The number of nitrogens with one attached hydrogen (secondary N) is 2. The van der Waals surface area contributed by atoms with Crippen LogP contribution < -0.4 is 15.4 Å². The maximum absolute atomic E-state index is 13.9. The van der Waals surface area contributed by atoms with E-state index in [2.05, 4.69) is 5.32 Å². The molecule has 1 saturated heterocycles. The Kier molecular flexibility index (Phi) is 6.06. The largest absolute Gasteiger partial charge is 0.504 e. The molecule has 2 amide bonds. The fourth-order valence-electron chi connectivity index (χ4n) is 3.41. The molecule has 1 fully saturated rings. The number of hydrogen-bond acceptors (Lipinski definition) is 5. The van der Waals surface area contributed by atoms with E-state index in [1.54, 1.807) is 6.92 Å². The highest BCUT2D eigenvalue weighted by Crippen LogP contribution is 2.45. The van der Waals surface area contributed by atoms with E-state index in [9.17, 15) is 33.0 Å². The van der Waals surface area contributed by atoms with Gasteiger partial charge >= 0.3 is 12.2 Å². The van der Waals surface area contributed by atoms with E-state index in [4.69, 9.17) is 16.3 Å². The monoisotopic (exact) mass is 458 g/mol. The van der Waals surface area contributed by atoms with Crippen molar-refractivity contribution >= 4 is 23.4 Å². The first-order valence-corrected chi connectivity index (χ1v) is 9.49. The summed E-state index contributed by atoms with van der Waals surface area (Å²) in [5.41, 5.74) is -3.99. The highest BCUT2D eigenvalue weighted by molar-refractivity contribution is 6.30. The van der Waals surface area contributed by atoms with Gasteiger partial charge in [-0.05, 0) is 48.9 Å². The standard InChI is InChI=1S/C20H18ClF3N2O5/c1-2-31-14-9-11(5-8-13(14)27)16-15(17(28)10-3-6-12(21)7-4-10)19(30,20(22,23)24)26-18(29)25-16/h3-9,15-16,27,30H,2H2,1H3,(H2,25,26,29)/t15-,16-,19+/m0/s1. The summed E-state index contributed by atoms with van der Waals surface area (Å²) in [6.07, 6.45) is -5.38. The van der Waals surface area contributed by atoms with Crippen molar-refractivity contribution < 1.29 is 37.7 Å². The molecule has 7 nitrogen and oxygen atoms in total. The lowest BCUT2D eigenvalue weighted by Crippen LogP contribution is -2.72. The summed E-state index contributed by atoms with van der Waals surface area (Å²) < 4.78 is 47.0. The Morgan fingerprint density at radius 2 is 1.87 bits per heavy atom. The number of phenolic OH excluding ortho intramolecular Hbond substituents is 1. The number of urea groups is 1. The van der Waals surface area contributed by atoms with Crippen LogP contribution in [0.3, 0.4) is 0 Å². The minimum absolute atomic E-state index is 0.0195. The van der Waals surface area contributed by atoms with E-state index in [-0.39, 0.29) is 34.3 Å². The number of aliphatic hydroxyl groups is 1. The van der Waals surface area contributed by atoms with Crippen LogP contribution in [-0.2, 0) is 0 Å². The number of benzene rings is 2. The number of carbonyl (C=O) groups excluding carboxylic acids is 2. The van der Waals surface area contributed by atoms with Gasteiger partial charge in [0.15, 0.2) is 17.3 Å². The molecule has 31 heavy (non-hydrogen) atoms. The van der Waals surface area contributed by atoms with Crippen molar-refractivity contribution in [2.24, 2.45) is 5.92 Å². The Hall–Kier alpha value is -2.98. The number of hydrogen-bond donors (Lipinski definition) is 4. The molecule has 1 aliphatic heterocycles. The summed E-state index contributed by atoms with van der Waals surface area (Å²) in [4.78, 5) is 25.2. The smallest absolute Gasteiger partial charge is 0.437 e. The third-order valence-electron chi connectivity index (χ3n) is 4.86. The van der Waals surface area contributed by atoms with Crippen LogP contribution in [0.2, 0.25) is 5.02 Å². The zero-order chi connectivity index (χ0) is 23.0. The van der Waals surface area contributed by atoms with Gasteiger partial charge < -0.3 is 25.6 Å². The molecule has 166 valence electrons. The van der Waals surface area contributed by atoms with Crippen molar-refractivity contribution in [3.05, 3.63) is 58.6 Å². The first kappa shape index (κ1) is 22.7. The predicted octanol–water partition coefficient (Wildman–Crippen LogP) is 3.55. The second-order valence-corrected chi connectivity index (χ2v) is 7.29. The van der Waals surface area contributed by atoms with E-state index in [0.29, 0.717) is 0 Å². The molecule has 2 aromatic carbocycles. The molecule has 1 heterocycles. The summed E-state index contributed by atoms with van der Waals surface area (Å²) in [5, 5.41) is 24.4. The molecule has 0 aliphatic carbocycles. The molecule has 0 spiro atoms. The van der Waals surface area contributed by atoms with Gasteiger partial charge in [-0.15, -0.1) is 0 Å². The molecule has 0 saturated carbocycles. The number of alkyl halides is 3. The number of phenols is 1. The van der Waals surface area contributed by atoms with E-state index < -0.39 is 35.7 Å². The van der Waals surface area contributed by atoms with Gasteiger partial charge in [-0.1, -0.05) is 17.7 Å². The third-order valence-corrected chi connectivity index (χ3v) is 5.11. The van der Waals surface area contributed by atoms with Crippen molar-refractivity contribution in [3.63, 3.8) is 0 Å². The average molecular weight is 459 g/mol. The van der Waals surface area contributed by atoms with Crippen molar-refractivity contribution in [2.45, 2.75) is 24.9 Å². The second kappa shape index (κ2) is 8.27. The van der Waals surface area contributed by atoms with Crippen molar-refractivity contribution in [1.82, 2.24) is 10.6 Å². The number of rotatable bonds is 5. The highest BCUT2D eigenvalue weighted by atomic mass is 35.5. The van der Waals surface area contributed by atoms with Crippen LogP contribution >= 0.6 is 11.6 Å². The summed E-state index contributed by atoms with van der Waals surface area (Å²) in [6.45, 7) is 1.78. The lowest BCUT2D eigenvalue weighted by atomic mass is 9.77. The first-order chi connectivity index (χ1) is 14.5. The van der Waals surface area contributed by atoms with Gasteiger partial charge in [-0.3, -0.25) is 4.79 Å². The van der Waals surface area contributed by atoms with Crippen LogP contribution in [0.15, 0.2) is 42.5 Å². The summed E-state index contributed by atoms with van der Waals surface area (Å²) in [7, 11) is 0. The zero-order valence-electron chi connectivity index (χ0n) is 16.0. The van der Waals surface area contributed by atoms with E-state index >= 15 is 0 Å². The molecule has 2 aromatic rings. The lowest BCUT2D eigenvalue weighted by Gasteiger charge is -2.45. The molecular weight excluding hydrogens is 441 g/mol. The molecule has 0 aromatic heterocycles. The summed E-state index contributed by atoms with van der Waals surface area (Å²) in [5.74, 6) is -3.62. The van der Waals surface area contributed by atoms with Crippen LogP contribution in [0.1, 0.15) is 28.9 Å². The van der Waals surface area contributed by atoms with Crippen molar-refractivity contribution in [3.8, 4) is 11.5 Å². The van der Waals surface area contributed by atoms with Crippen LogP contribution in [-0.4, -0.2) is 40.5 Å². The Labute approximate surface area is 179 Å². The van der Waals surface area contributed by atoms with Crippen molar-refractivity contribution in [1.29, 1.82) is 0 Å². The van der Waals surface area contributed by atoms with Crippen molar-refractivity contribution in [2.75, 3.05) is 6.61 Å². The SMILES string of the molecule is CCOc1cc([C@@H]2NC(=O)N[C@](O)(C(F)(F)F)[C@@H]2C(=O)c2ccc(Cl)cc2)ccc1O. The number of aromatic hydroxyl groups is 1. The van der Waals surface area contributed by atoms with Gasteiger partial charge in [0, 0.05) is 10.6 Å². The average Bonchev–Trinajstić information content (AvgIpc) is 2.68. The number of Topliss-reactive ketones (excluding diaryl/α,β-unsaturated/α-hetero) is 1. The molecule has 4 N–H and O–H groups in total. The quantitative estimate of drug-likeness (QED) is 0.512. The van der Waals surface area contributed by atoms with Gasteiger partial charge in [0.25, 0.3) is 0 Å². The first-order valence-electron chi connectivity index (χ1n) is 9.11. The van der Waals surface area contributed by atoms with Gasteiger partial charge in [-0.25, -0.2) is 4.79 Å². The molecule has 3 atom stereocenters. The lowest BCUT2D eigenvalue weighted by molar-refractivity contribution is -0.287. The third kappa shape index (κ3) is 4.26. The highest BCUT2D eigenvalue weighted by Gasteiger charge is 2.66. The topological polar surface area (TPSA) is 108 Å². The van der Waals surface area contributed by atoms with Gasteiger partial charge in [0.2, 0.25) is 5.72 Å². The second-order valence-electron chi connectivity index (χ2n) is 6.85. The molecular formula is C20H18ClF3N2O5. The maximum atomic E-state index is 13.9. The van der Waals surface area contributed by atoms with E-state index in [1.807, 2.05) is 0 Å².